The minimum absolute atomic E-state index is 0.193. The van der Waals surface area contributed by atoms with E-state index in [1.165, 1.54) is 135 Å². The first-order valence-corrected chi connectivity index (χ1v) is 20.0. The standard InChI is InChI=1S/C35H72NO6P/c1-3-5-7-9-11-13-15-16-17-18-19-21-22-24-26-28-30-34(37)33(32-42-43(39,40)41)36-35(38)31-29-27-25-23-20-14-12-10-8-6-4-2/h33-34,37H,3-32H2,1-2H3,(H,36,38)(H2,39,40,41)/t33-,34+/m0/s1. The minimum atomic E-state index is -4.68. The van der Waals surface area contributed by atoms with Gasteiger partial charge in [0.2, 0.25) is 5.91 Å². The van der Waals surface area contributed by atoms with Gasteiger partial charge in [0.25, 0.3) is 0 Å². The van der Waals surface area contributed by atoms with E-state index in [4.69, 9.17) is 9.79 Å². The topological polar surface area (TPSA) is 116 Å². The van der Waals surface area contributed by atoms with Gasteiger partial charge in [0, 0.05) is 6.42 Å². The Bertz CT molecular complexity index is 644. The van der Waals surface area contributed by atoms with Crippen molar-refractivity contribution in [1.82, 2.24) is 5.32 Å². The van der Waals surface area contributed by atoms with E-state index in [0.29, 0.717) is 12.8 Å². The van der Waals surface area contributed by atoms with Crippen LogP contribution in [-0.4, -0.2) is 39.6 Å². The van der Waals surface area contributed by atoms with Gasteiger partial charge in [-0.3, -0.25) is 9.32 Å². The molecule has 43 heavy (non-hydrogen) atoms. The van der Waals surface area contributed by atoms with Crippen molar-refractivity contribution in [3.63, 3.8) is 0 Å². The smallest absolute Gasteiger partial charge is 0.391 e. The molecule has 0 aliphatic rings. The van der Waals surface area contributed by atoms with Crippen molar-refractivity contribution in [3.05, 3.63) is 0 Å². The molecule has 2 atom stereocenters. The number of aliphatic hydroxyl groups is 1. The van der Waals surface area contributed by atoms with Crippen molar-refractivity contribution in [1.29, 1.82) is 0 Å². The average Bonchev–Trinajstić information content (AvgIpc) is 2.97. The van der Waals surface area contributed by atoms with E-state index in [1.54, 1.807) is 0 Å². The predicted octanol–water partition coefficient (Wildman–Crippen LogP) is 10.3. The van der Waals surface area contributed by atoms with Crippen LogP contribution in [0.1, 0.15) is 200 Å². The van der Waals surface area contributed by atoms with Gasteiger partial charge < -0.3 is 20.2 Å². The number of unbranched alkanes of at least 4 members (excludes halogenated alkanes) is 25. The second kappa shape index (κ2) is 31.5. The van der Waals surface area contributed by atoms with E-state index in [2.05, 4.69) is 23.7 Å². The second-order valence-electron chi connectivity index (χ2n) is 12.9. The summed E-state index contributed by atoms with van der Waals surface area (Å²) in [6, 6.07) is -0.816. The summed E-state index contributed by atoms with van der Waals surface area (Å²) >= 11 is 0. The lowest BCUT2D eigenvalue weighted by Crippen LogP contribution is -2.46. The quantitative estimate of drug-likeness (QED) is 0.0414. The lowest BCUT2D eigenvalue weighted by molar-refractivity contribution is -0.123. The number of aliphatic hydroxyl groups excluding tert-OH is 1. The zero-order valence-corrected chi connectivity index (χ0v) is 29.3. The third kappa shape index (κ3) is 32.7. The van der Waals surface area contributed by atoms with Crippen LogP contribution < -0.4 is 5.32 Å². The Labute approximate surface area is 266 Å². The molecule has 0 rings (SSSR count). The molecular formula is C35H72NO6P. The lowest BCUT2D eigenvalue weighted by atomic mass is 10.0. The van der Waals surface area contributed by atoms with Crippen molar-refractivity contribution < 1.29 is 28.8 Å². The molecule has 258 valence electrons. The van der Waals surface area contributed by atoms with Crippen LogP contribution in [-0.2, 0) is 13.9 Å². The van der Waals surface area contributed by atoms with E-state index in [-0.39, 0.29) is 5.91 Å². The van der Waals surface area contributed by atoms with Crippen LogP contribution in [0.25, 0.3) is 0 Å². The summed E-state index contributed by atoms with van der Waals surface area (Å²) in [7, 11) is -4.68. The molecule has 0 fully saturated rings. The number of amides is 1. The highest BCUT2D eigenvalue weighted by atomic mass is 31.2. The van der Waals surface area contributed by atoms with E-state index < -0.39 is 26.6 Å². The van der Waals surface area contributed by atoms with Crippen molar-refractivity contribution >= 4 is 13.7 Å². The maximum absolute atomic E-state index is 12.5. The van der Waals surface area contributed by atoms with Gasteiger partial charge in [0.15, 0.2) is 0 Å². The van der Waals surface area contributed by atoms with Crippen LogP contribution >= 0.6 is 7.82 Å². The summed E-state index contributed by atoms with van der Waals surface area (Å²) in [5, 5.41) is 13.5. The SMILES string of the molecule is CCCCCCCCCCCCCCCCCC[C@@H](O)[C@H](COP(=O)(O)O)NC(=O)CCCCCCCCCCCCC. The monoisotopic (exact) mass is 634 g/mol. The minimum Gasteiger partial charge on any atom is -0.391 e. The van der Waals surface area contributed by atoms with E-state index in [1.807, 2.05) is 0 Å². The van der Waals surface area contributed by atoms with Gasteiger partial charge in [-0.1, -0.05) is 181 Å². The maximum Gasteiger partial charge on any atom is 0.469 e. The number of phosphoric acid groups is 1. The van der Waals surface area contributed by atoms with Crippen LogP contribution in [0.2, 0.25) is 0 Å². The summed E-state index contributed by atoms with van der Waals surface area (Å²) in [4.78, 5) is 30.7. The van der Waals surface area contributed by atoms with Crippen molar-refractivity contribution in [2.45, 2.75) is 212 Å². The van der Waals surface area contributed by atoms with Crippen LogP contribution in [0.3, 0.4) is 0 Å². The normalized spacial score (nSPS) is 13.3. The number of phosphoric ester groups is 1. The maximum atomic E-state index is 12.5. The average molecular weight is 634 g/mol. The molecule has 0 saturated heterocycles. The summed E-state index contributed by atoms with van der Waals surface area (Å²) in [6.07, 6.45) is 33.7. The Hall–Kier alpha value is -0.460. The number of carbonyl (C=O) groups is 1. The van der Waals surface area contributed by atoms with E-state index >= 15 is 0 Å². The Morgan fingerprint density at radius 3 is 1.26 bits per heavy atom. The molecule has 8 heteroatoms. The van der Waals surface area contributed by atoms with Gasteiger partial charge in [-0.25, -0.2) is 4.57 Å². The van der Waals surface area contributed by atoms with E-state index in [0.717, 1.165) is 38.5 Å². The van der Waals surface area contributed by atoms with Gasteiger partial charge in [-0.2, -0.15) is 0 Å². The molecule has 0 bridgehead atoms. The highest BCUT2D eigenvalue weighted by Gasteiger charge is 2.25. The largest absolute Gasteiger partial charge is 0.469 e. The molecular weight excluding hydrogens is 561 g/mol. The summed E-state index contributed by atoms with van der Waals surface area (Å²) in [5.41, 5.74) is 0. The van der Waals surface area contributed by atoms with Crippen molar-refractivity contribution in [3.8, 4) is 0 Å². The summed E-state index contributed by atoms with van der Waals surface area (Å²) in [5.74, 6) is -0.193. The third-order valence-electron chi connectivity index (χ3n) is 8.59. The Kier molecular flexibility index (Phi) is 31.2. The Morgan fingerprint density at radius 1 is 0.581 bits per heavy atom. The predicted molar refractivity (Wildman–Crippen MR) is 181 cm³/mol. The third-order valence-corrected chi connectivity index (χ3v) is 9.08. The molecule has 0 aromatic carbocycles. The first-order chi connectivity index (χ1) is 20.8. The van der Waals surface area contributed by atoms with Crippen molar-refractivity contribution in [2.75, 3.05) is 6.61 Å². The Morgan fingerprint density at radius 2 is 0.907 bits per heavy atom. The first-order valence-electron chi connectivity index (χ1n) is 18.5. The fourth-order valence-electron chi connectivity index (χ4n) is 5.76. The van der Waals surface area contributed by atoms with Gasteiger partial charge in [-0.15, -0.1) is 0 Å². The molecule has 0 spiro atoms. The fourth-order valence-corrected chi connectivity index (χ4v) is 6.11. The molecule has 0 aromatic rings. The number of nitrogens with one attached hydrogen (secondary N) is 1. The number of carbonyl (C=O) groups excluding carboxylic acids is 1. The molecule has 4 N–H and O–H groups in total. The molecule has 0 aromatic heterocycles. The van der Waals surface area contributed by atoms with Crippen LogP contribution in [0.4, 0.5) is 0 Å². The van der Waals surface area contributed by atoms with E-state index in [9.17, 15) is 14.5 Å². The zero-order chi connectivity index (χ0) is 31.9. The van der Waals surface area contributed by atoms with Gasteiger partial charge in [0.1, 0.15) is 0 Å². The Balaban J connectivity index is 3.94. The molecule has 0 saturated carbocycles. The van der Waals surface area contributed by atoms with Gasteiger partial charge in [0.05, 0.1) is 18.8 Å². The molecule has 0 aliphatic carbocycles. The van der Waals surface area contributed by atoms with Crippen LogP contribution in [0.15, 0.2) is 0 Å². The van der Waals surface area contributed by atoms with Crippen LogP contribution in [0, 0.1) is 0 Å². The van der Waals surface area contributed by atoms with Gasteiger partial charge >= 0.3 is 7.82 Å². The molecule has 1 amide bonds. The first kappa shape index (κ1) is 42.5. The van der Waals surface area contributed by atoms with Crippen LogP contribution in [0.5, 0.6) is 0 Å². The number of hydrogen-bond acceptors (Lipinski definition) is 4. The van der Waals surface area contributed by atoms with Crippen molar-refractivity contribution in [2.24, 2.45) is 0 Å². The fraction of sp³-hybridized carbons (Fsp3) is 0.971. The molecule has 0 radical (unpaired) electrons. The number of hydrogen-bond donors (Lipinski definition) is 4. The number of rotatable bonds is 34. The molecule has 0 heterocycles. The highest BCUT2D eigenvalue weighted by molar-refractivity contribution is 7.46. The summed E-state index contributed by atoms with van der Waals surface area (Å²) in [6.45, 7) is 4.11. The van der Waals surface area contributed by atoms with Gasteiger partial charge in [-0.05, 0) is 12.8 Å². The molecule has 0 unspecified atom stereocenters. The second-order valence-corrected chi connectivity index (χ2v) is 14.1. The zero-order valence-electron chi connectivity index (χ0n) is 28.4. The molecule has 7 nitrogen and oxygen atoms in total. The highest BCUT2D eigenvalue weighted by Crippen LogP contribution is 2.36. The molecule has 0 aliphatic heterocycles. The summed E-state index contributed by atoms with van der Waals surface area (Å²) < 4.78 is 15.9. The lowest BCUT2D eigenvalue weighted by Gasteiger charge is -2.24.